The van der Waals surface area contributed by atoms with Gasteiger partial charge in [0.05, 0.1) is 30.9 Å². The summed E-state index contributed by atoms with van der Waals surface area (Å²) in [5.74, 6) is 0. The molecule has 0 aromatic carbocycles. The van der Waals surface area contributed by atoms with E-state index in [2.05, 4.69) is 32.8 Å². The maximum Gasteiger partial charge on any atom is 0.410 e. The Morgan fingerprint density at radius 2 is 1.88 bits per heavy atom. The molecular formula is C24H29N5O4. The summed E-state index contributed by atoms with van der Waals surface area (Å²) >= 11 is 0. The van der Waals surface area contributed by atoms with Crippen molar-refractivity contribution in [2.45, 2.75) is 31.4 Å². The van der Waals surface area contributed by atoms with Gasteiger partial charge in [0.2, 0.25) is 0 Å². The molecule has 3 fully saturated rings. The molecule has 33 heavy (non-hydrogen) atoms. The van der Waals surface area contributed by atoms with Gasteiger partial charge in [-0.25, -0.2) is 9.78 Å². The molecule has 0 spiro atoms. The minimum atomic E-state index is -0.231. The Labute approximate surface area is 192 Å². The molecule has 5 heterocycles. The zero-order chi connectivity index (χ0) is 22.2. The Hall–Kier alpha value is -2.91. The highest BCUT2D eigenvalue weighted by atomic mass is 16.6. The van der Waals surface area contributed by atoms with Gasteiger partial charge in [0.15, 0.2) is 6.10 Å². The van der Waals surface area contributed by atoms with Gasteiger partial charge in [0, 0.05) is 75.5 Å². The average molecular weight is 452 g/mol. The third kappa shape index (κ3) is 4.11. The molecule has 4 aliphatic rings. The highest BCUT2D eigenvalue weighted by Crippen LogP contribution is 2.36. The summed E-state index contributed by atoms with van der Waals surface area (Å²) in [5.41, 5.74) is 5.68. The maximum absolute atomic E-state index is 12.3. The number of imidazole rings is 1. The fourth-order valence-electron chi connectivity index (χ4n) is 4.96. The van der Waals surface area contributed by atoms with Gasteiger partial charge in [-0.15, -0.1) is 0 Å². The van der Waals surface area contributed by atoms with Gasteiger partial charge in [-0.1, -0.05) is 0 Å². The van der Waals surface area contributed by atoms with Gasteiger partial charge in [-0.05, 0) is 30.6 Å². The maximum atomic E-state index is 12.3. The first-order valence-corrected chi connectivity index (χ1v) is 11.8. The van der Waals surface area contributed by atoms with Crippen LogP contribution >= 0.6 is 0 Å². The number of anilines is 1. The van der Waals surface area contributed by atoms with Crippen LogP contribution in [0.2, 0.25) is 0 Å². The van der Waals surface area contributed by atoms with Gasteiger partial charge in [0.25, 0.3) is 0 Å². The highest BCUT2D eigenvalue weighted by Gasteiger charge is 2.30. The van der Waals surface area contributed by atoms with Crippen molar-refractivity contribution in [3.8, 4) is 0 Å². The number of hydrogen-bond acceptors (Lipinski definition) is 7. The minimum absolute atomic E-state index is 0.0857. The van der Waals surface area contributed by atoms with Crippen LogP contribution in [0.1, 0.15) is 35.8 Å². The summed E-state index contributed by atoms with van der Waals surface area (Å²) in [6, 6.07) is 2.55. The number of rotatable bonds is 4. The molecule has 1 amide bonds. The number of carbonyl (C=O) groups is 1. The second-order valence-corrected chi connectivity index (χ2v) is 9.10. The molecule has 9 nitrogen and oxygen atoms in total. The van der Waals surface area contributed by atoms with E-state index in [-0.39, 0.29) is 12.2 Å². The molecule has 6 rings (SSSR count). The molecule has 2 aromatic rings. The largest absolute Gasteiger partial charge is 0.441 e. The average Bonchev–Trinajstić information content (AvgIpc) is 3.49. The van der Waals surface area contributed by atoms with E-state index in [1.165, 1.54) is 16.8 Å². The molecule has 2 aromatic heterocycles. The lowest BCUT2D eigenvalue weighted by atomic mass is 10.1. The lowest BCUT2D eigenvalue weighted by Gasteiger charge is -2.37. The van der Waals surface area contributed by atoms with E-state index in [9.17, 15) is 4.79 Å². The summed E-state index contributed by atoms with van der Waals surface area (Å²) < 4.78 is 18.3. The normalized spacial score (nSPS) is 21.5. The number of nitrogens with zero attached hydrogens (tertiary/aromatic N) is 5. The number of ether oxygens (including phenoxy) is 3. The number of aromatic nitrogens is 3. The summed E-state index contributed by atoms with van der Waals surface area (Å²) in [6.45, 7) is 5.50. The lowest BCUT2D eigenvalue weighted by molar-refractivity contribution is -0.104. The van der Waals surface area contributed by atoms with Crippen LogP contribution in [0.25, 0.3) is 11.6 Å². The van der Waals surface area contributed by atoms with E-state index < -0.39 is 0 Å². The van der Waals surface area contributed by atoms with Gasteiger partial charge in [-0.3, -0.25) is 4.98 Å². The quantitative estimate of drug-likeness (QED) is 0.706. The number of fused-ring (bicyclic) bond motifs is 1. The Morgan fingerprint density at radius 3 is 2.64 bits per heavy atom. The summed E-state index contributed by atoms with van der Waals surface area (Å²) in [7, 11) is 0. The fourth-order valence-corrected chi connectivity index (χ4v) is 4.96. The van der Waals surface area contributed by atoms with Crippen molar-refractivity contribution in [2.24, 2.45) is 0 Å². The molecule has 9 heteroatoms. The van der Waals surface area contributed by atoms with E-state index in [1.54, 1.807) is 4.90 Å². The molecule has 3 aliphatic heterocycles. The zero-order valence-electron chi connectivity index (χ0n) is 18.7. The molecule has 174 valence electrons. The monoisotopic (exact) mass is 451 g/mol. The second kappa shape index (κ2) is 8.79. The van der Waals surface area contributed by atoms with Crippen LogP contribution in [0, 0.1) is 0 Å². The van der Waals surface area contributed by atoms with E-state index in [0.717, 1.165) is 57.0 Å². The molecule has 0 N–H and O–H groups in total. The van der Waals surface area contributed by atoms with Crippen molar-refractivity contribution < 1.29 is 19.0 Å². The summed E-state index contributed by atoms with van der Waals surface area (Å²) in [4.78, 5) is 25.8. The Kier molecular flexibility index (Phi) is 5.51. The van der Waals surface area contributed by atoms with Crippen molar-refractivity contribution in [3.05, 3.63) is 41.7 Å². The minimum Gasteiger partial charge on any atom is -0.441 e. The molecular weight excluding hydrogens is 422 g/mol. The van der Waals surface area contributed by atoms with Crippen LogP contribution in [0.5, 0.6) is 0 Å². The zero-order valence-corrected chi connectivity index (χ0v) is 18.7. The van der Waals surface area contributed by atoms with Crippen molar-refractivity contribution in [3.63, 3.8) is 0 Å². The fraction of sp³-hybridized carbons (Fsp3) is 0.542. The molecule has 3 saturated heterocycles. The number of piperazine rings is 1. The smallest absolute Gasteiger partial charge is 0.410 e. The Bertz CT molecular complexity index is 1050. The van der Waals surface area contributed by atoms with Gasteiger partial charge >= 0.3 is 6.09 Å². The topological polar surface area (TPSA) is 82.0 Å². The standard InChI is InChI=1S/C24H29N5O4/c30-24(33-19-14-32-15-19)28-7-5-27(6-8-28)23-1-4-25-21-12-17(11-20(21)23)22-13-29(16-26-22)18-2-9-31-10-3-18/h1,4,11,13,16,18-19H,2-3,5-10,12,14-15H2. The number of amides is 1. The first kappa shape index (κ1) is 20.7. The van der Waals surface area contributed by atoms with E-state index in [4.69, 9.17) is 19.2 Å². The van der Waals surface area contributed by atoms with Gasteiger partial charge in [0.1, 0.15) is 0 Å². The van der Waals surface area contributed by atoms with Crippen molar-refractivity contribution in [2.75, 3.05) is 57.5 Å². The third-order valence-corrected chi connectivity index (χ3v) is 7.02. The van der Waals surface area contributed by atoms with Crippen molar-refractivity contribution in [1.29, 1.82) is 0 Å². The number of pyridine rings is 1. The number of hydrogen-bond donors (Lipinski definition) is 0. The van der Waals surface area contributed by atoms with Crippen molar-refractivity contribution in [1.82, 2.24) is 19.4 Å². The first-order valence-electron chi connectivity index (χ1n) is 11.8. The van der Waals surface area contributed by atoms with Crippen LogP contribution in [-0.2, 0) is 20.6 Å². The Balaban J connectivity index is 1.14. The number of allylic oxidation sites excluding steroid dienone is 1. The van der Waals surface area contributed by atoms with Crippen LogP contribution in [-0.4, -0.2) is 84.2 Å². The molecule has 0 saturated carbocycles. The first-order chi connectivity index (χ1) is 16.2. The molecule has 0 bridgehead atoms. The summed E-state index contributed by atoms with van der Waals surface area (Å²) in [5, 5.41) is 0. The van der Waals surface area contributed by atoms with Gasteiger partial charge in [-0.2, -0.15) is 0 Å². The predicted octanol–water partition coefficient (Wildman–Crippen LogP) is 2.38. The third-order valence-electron chi connectivity index (χ3n) is 7.02. The van der Waals surface area contributed by atoms with Crippen molar-refractivity contribution >= 4 is 23.4 Å². The summed E-state index contributed by atoms with van der Waals surface area (Å²) in [6.07, 6.45) is 10.8. The number of carbonyl (C=O) groups excluding carboxylic acids is 1. The second-order valence-electron chi connectivity index (χ2n) is 9.10. The van der Waals surface area contributed by atoms with Crippen LogP contribution in [0.15, 0.2) is 24.8 Å². The van der Waals surface area contributed by atoms with Crippen LogP contribution in [0.4, 0.5) is 10.5 Å². The van der Waals surface area contributed by atoms with E-state index in [1.807, 2.05) is 12.5 Å². The van der Waals surface area contributed by atoms with E-state index >= 15 is 0 Å². The molecule has 1 aliphatic carbocycles. The lowest BCUT2D eigenvalue weighted by Crippen LogP contribution is -2.51. The van der Waals surface area contributed by atoms with Gasteiger partial charge < -0.3 is 28.6 Å². The van der Waals surface area contributed by atoms with E-state index in [0.29, 0.717) is 32.3 Å². The SMILES string of the molecule is O=C(OC1COC1)N1CCN(c2ccnc3c2C=C(c2cn(C4CCOCC4)cn2)C3)CC1. The molecule has 0 unspecified atom stereocenters. The van der Waals surface area contributed by atoms with Crippen LogP contribution < -0.4 is 4.90 Å². The molecule has 0 radical (unpaired) electrons. The van der Waals surface area contributed by atoms with Crippen LogP contribution in [0.3, 0.4) is 0 Å². The highest BCUT2D eigenvalue weighted by molar-refractivity contribution is 5.91. The predicted molar refractivity (Wildman–Crippen MR) is 122 cm³/mol. The Morgan fingerprint density at radius 1 is 1.06 bits per heavy atom. The molecule has 0 atom stereocenters.